The van der Waals surface area contributed by atoms with E-state index in [1.165, 1.54) is 0 Å². The van der Waals surface area contributed by atoms with Crippen LogP contribution in [0.5, 0.6) is 0 Å². The largest absolute Gasteiger partial charge is 0.389 e. The Morgan fingerprint density at radius 3 is 2.79 bits per heavy atom. The molecular formula is C14H21ClN2OS. The van der Waals surface area contributed by atoms with Crippen LogP contribution in [0, 0.1) is 5.92 Å². The van der Waals surface area contributed by atoms with E-state index in [0.29, 0.717) is 29.1 Å². The summed E-state index contributed by atoms with van der Waals surface area (Å²) < 4.78 is 5.54. The summed E-state index contributed by atoms with van der Waals surface area (Å²) in [4.78, 5) is 0.361. The van der Waals surface area contributed by atoms with Gasteiger partial charge in [-0.3, -0.25) is 0 Å². The van der Waals surface area contributed by atoms with Gasteiger partial charge in [0.1, 0.15) is 4.99 Å². The van der Waals surface area contributed by atoms with Crippen LogP contribution in [0.4, 0.5) is 5.69 Å². The van der Waals surface area contributed by atoms with Crippen molar-refractivity contribution in [2.24, 2.45) is 11.7 Å². The van der Waals surface area contributed by atoms with E-state index in [4.69, 9.17) is 34.3 Å². The summed E-state index contributed by atoms with van der Waals surface area (Å²) in [6.07, 6.45) is 1.08. The summed E-state index contributed by atoms with van der Waals surface area (Å²) in [5.41, 5.74) is 7.33. The molecule has 0 aliphatic carbocycles. The first-order valence-corrected chi connectivity index (χ1v) is 7.20. The summed E-state index contributed by atoms with van der Waals surface area (Å²) >= 11 is 11.0. The number of hydrogen-bond donors (Lipinski definition) is 2. The van der Waals surface area contributed by atoms with Gasteiger partial charge in [-0.1, -0.05) is 37.7 Å². The van der Waals surface area contributed by atoms with Gasteiger partial charge in [0, 0.05) is 29.4 Å². The third-order valence-corrected chi connectivity index (χ3v) is 3.10. The first kappa shape index (κ1) is 16.2. The maximum Gasteiger partial charge on any atom is 0.106 e. The van der Waals surface area contributed by atoms with Crippen LogP contribution in [0.25, 0.3) is 0 Å². The number of benzene rings is 1. The molecule has 1 rings (SSSR count). The third-order valence-electron chi connectivity index (χ3n) is 2.65. The number of hydrogen-bond acceptors (Lipinski definition) is 3. The van der Waals surface area contributed by atoms with Crippen LogP contribution in [-0.4, -0.2) is 24.7 Å². The standard InChI is InChI=1S/C14H21ClN2OS/c1-10(2)5-7-18-8-6-17-13-9-11(15)3-4-12(13)14(16)19/h3-4,9-10,17H,5-8H2,1-2H3,(H2,16,19). The Kier molecular flexibility index (Phi) is 7.13. The molecule has 0 saturated carbocycles. The maximum atomic E-state index is 5.96. The molecule has 0 heterocycles. The number of rotatable bonds is 8. The second-order valence-corrected chi connectivity index (χ2v) is 5.65. The molecule has 0 fully saturated rings. The molecule has 0 saturated heterocycles. The fourth-order valence-corrected chi connectivity index (χ4v) is 1.91. The van der Waals surface area contributed by atoms with Crippen molar-refractivity contribution in [3.8, 4) is 0 Å². The lowest BCUT2D eigenvalue weighted by molar-refractivity contribution is 0.132. The molecule has 0 spiro atoms. The van der Waals surface area contributed by atoms with Crippen molar-refractivity contribution in [3.63, 3.8) is 0 Å². The summed E-state index contributed by atoms with van der Waals surface area (Å²) in [6.45, 7) is 6.51. The van der Waals surface area contributed by atoms with E-state index in [0.717, 1.165) is 24.3 Å². The van der Waals surface area contributed by atoms with Crippen LogP contribution in [0.3, 0.4) is 0 Å². The molecule has 3 N–H and O–H groups in total. The highest BCUT2D eigenvalue weighted by molar-refractivity contribution is 7.80. The van der Waals surface area contributed by atoms with Crippen LogP contribution in [-0.2, 0) is 4.74 Å². The van der Waals surface area contributed by atoms with Crippen molar-refractivity contribution in [2.75, 3.05) is 25.1 Å². The number of nitrogens with two attached hydrogens (primary N) is 1. The third kappa shape index (κ3) is 6.23. The van der Waals surface area contributed by atoms with E-state index in [1.54, 1.807) is 6.07 Å². The lowest BCUT2D eigenvalue weighted by Gasteiger charge is -2.12. The molecule has 0 bridgehead atoms. The number of nitrogens with one attached hydrogen (secondary N) is 1. The van der Waals surface area contributed by atoms with Crippen molar-refractivity contribution >= 4 is 34.5 Å². The van der Waals surface area contributed by atoms with Gasteiger partial charge in [-0.2, -0.15) is 0 Å². The van der Waals surface area contributed by atoms with Gasteiger partial charge >= 0.3 is 0 Å². The Labute approximate surface area is 125 Å². The van der Waals surface area contributed by atoms with E-state index >= 15 is 0 Å². The lowest BCUT2D eigenvalue weighted by atomic mass is 10.1. The Morgan fingerprint density at radius 2 is 2.16 bits per heavy atom. The Balaban J connectivity index is 2.40. The van der Waals surface area contributed by atoms with Crippen molar-refractivity contribution in [3.05, 3.63) is 28.8 Å². The molecule has 19 heavy (non-hydrogen) atoms. The van der Waals surface area contributed by atoms with E-state index in [1.807, 2.05) is 12.1 Å². The number of ether oxygens (including phenoxy) is 1. The fourth-order valence-electron chi connectivity index (χ4n) is 1.56. The smallest absolute Gasteiger partial charge is 0.106 e. The van der Waals surface area contributed by atoms with Gasteiger partial charge in [0.15, 0.2) is 0 Å². The predicted octanol–water partition coefficient (Wildman–Crippen LogP) is 3.45. The summed E-state index contributed by atoms with van der Waals surface area (Å²) in [6, 6.07) is 5.43. The molecule has 0 atom stereocenters. The fraction of sp³-hybridized carbons (Fsp3) is 0.500. The molecule has 0 amide bonds. The van der Waals surface area contributed by atoms with Crippen molar-refractivity contribution in [2.45, 2.75) is 20.3 Å². The molecule has 1 aromatic carbocycles. The zero-order valence-electron chi connectivity index (χ0n) is 11.4. The van der Waals surface area contributed by atoms with Gasteiger partial charge in [-0.25, -0.2) is 0 Å². The topological polar surface area (TPSA) is 47.3 Å². The molecule has 1 aromatic rings. The number of halogens is 1. The maximum absolute atomic E-state index is 5.96. The molecule has 0 unspecified atom stereocenters. The highest BCUT2D eigenvalue weighted by atomic mass is 35.5. The van der Waals surface area contributed by atoms with Crippen LogP contribution >= 0.6 is 23.8 Å². The zero-order valence-corrected chi connectivity index (χ0v) is 13.0. The first-order chi connectivity index (χ1) is 9.00. The first-order valence-electron chi connectivity index (χ1n) is 6.41. The molecule has 106 valence electrons. The average molecular weight is 301 g/mol. The molecule has 5 heteroatoms. The summed E-state index contributed by atoms with van der Waals surface area (Å²) in [5, 5.41) is 3.90. The van der Waals surface area contributed by atoms with Crippen molar-refractivity contribution in [1.82, 2.24) is 0 Å². The van der Waals surface area contributed by atoms with Gasteiger partial charge < -0.3 is 15.8 Å². The van der Waals surface area contributed by atoms with Crippen LogP contribution in [0.2, 0.25) is 5.02 Å². The highest BCUT2D eigenvalue weighted by Gasteiger charge is 2.05. The normalized spacial score (nSPS) is 10.7. The molecule has 0 radical (unpaired) electrons. The quantitative estimate of drug-likeness (QED) is 0.570. The van der Waals surface area contributed by atoms with Gasteiger partial charge in [0.25, 0.3) is 0 Å². The second kappa shape index (κ2) is 8.35. The van der Waals surface area contributed by atoms with Crippen molar-refractivity contribution in [1.29, 1.82) is 0 Å². The van der Waals surface area contributed by atoms with E-state index < -0.39 is 0 Å². The van der Waals surface area contributed by atoms with Gasteiger partial charge in [0.05, 0.1) is 6.61 Å². The van der Waals surface area contributed by atoms with Gasteiger partial charge in [-0.15, -0.1) is 0 Å². The van der Waals surface area contributed by atoms with Gasteiger partial charge in [-0.05, 0) is 30.5 Å². The number of anilines is 1. The molecule has 0 aromatic heterocycles. The average Bonchev–Trinajstić information content (AvgIpc) is 2.33. The minimum absolute atomic E-state index is 0.361. The van der Waals surface area contributed by atoms with Crippen molar-refractivity contribution < 1.29 is 4.74 Å². The summed E-state index contributed by atoms with van der Waals surface area (Å²) in [7, 11) is 0. The lowest BCUT2D eigenvalue weighted by Crippen LogP contribution is -2.16. The number of thiocarbonyl (C=S) groups is 1. The van der Waals surface area contributed by atoms with E-state index in [-0.39, 0.29) is 0 Å². The minimum atomic E-state index is 0.361. The van der Waals surface area contributed by atoms with E-state index in [2.05, 4.69) is 19.2 Å². The minimum Gasteiger partial charge on any atom is -0.389 e. The molecule has 0 aliphatic heterocycles. The SMILES string of the molecule is CC(C)CCOCCNc1cc(Cl)ccc1C(N)=S. The zero-order chi connectivity index (χ0) is 14.3. The Hall–Kier alpha value is -0.840. The van der Waals surface area contributed by atoms with Gasteiger partial charge in [0.2, 0.25) is 0 Å². The van der Waals surface area contributed by atoms with Crippen LogP contribution < -0.4 is 11.1 Å². The Morgan fingerprint density at radius 1 is 1.42 bits per heavy atom. The van der Waals surface area contributed by atoms with Crippen LogP contribution in [0.15, 0.2) is 18.2 Å². The van der Waals surface area contributed by atoms with E-state index in [9.17, 15) is 0 Å². The predicted molar refractivity (Wildman–Crippen MR) is 86.1 cm³/mol. The molecule has 0 aliphatic rings. The summed E-state index contributed by atoms with van der Waals surface area (Å²) in [5.74, 6) is 0.669. The molecular weight excluding hydrogens is 280 g/mol. The monoisotopic (exact) mass is 300 g/mol. The Bertz CT molecular complexity index is 424. The van der Waals surface area contributed by atoms with Crippen LogP contribution in [0.1, 0.15) is 25.8 Å². The highest BCUT2D eigenvalue weighted by Crippen LogP contribution is 2.20. The second-order valence-electron chi connectivity index (χ2n) is 4.78. The molecule has 3 nitrogen and oxygen atoms in total.